The highest BCUT2D eigenvalue weighted by Crippen LogP contribution is 2.39. The predicted molar refractivity (Wildman–Crippen MR) is 104 cm³/mol. The third kappa shape index (κ3) is 3.01. The summed E-state index contributed by atoms with van der Waals surface area (Å²) in [5, 5.41) is 21.1. The van der Waals surface area contributed by atoms with Crippen LogP contribution in [0.2, 0.25) is 0 Å². The van der Waals surface area contributed by atoms with Gasteiger partial charge in [-0.2, -0.15) is 0 Å². The van der Waals surface area contributed by atoms with Gasteiger partial charge in [-0.1, -0.05) is 65.8 Å². The maximum atomic E-state index is 11.3. The smallest absolute Gasteiger partial charge is 0.452 e. The van der Waals surface area contributed by atoms with Crippen LogP contribution in [0.3, 0.4) is 0 Å². The van der Waals surface area contributed by atoms with Crippen LogP contribution in [0.25, 0.3) is 21.7 Å². The van der Waals surface area contributed by atoms with Crippen molar-refractivity contribution in [3.8, 4) is 5.88 Å². The average molecular weight is 359 g/mol. The number of aromatic hydroxyl groups is 1. The fraction of sp³-hybridized carbons (Fsp3) is 0.0952. The second-order valence-corrected chi connectivity index (χ2v) is 6.08. The van der Waals surface area contributed by atoms with Crippen LogP contribution in [0.1, 0.15) is 5.56 Å². The summed E-state index contributed by atoms with van der Waals surface area (Å²) in [5.41, 5.74) is 2.12. The molecule has 6 heteroatoms. The highest BCUT2D eigenvalue weighted by molar-refractivity contribution is 5.95. The van der Waals surface area contributed by atoms with Gasteiger partial charge in [-0.3, -0.25) is 0 Å². The molecule has 0 bridgehead atoms. The van der Waals surface area contributed by atoms with Gasteiger partial charge in [0.25, 0.3) is 0 Å². The molecule has 134 valence electrons. The van der Waals surface area contributed by atoms with Gasteiger partial charge in [-0.05, 0) is 22.4 Å². The van der Waals surface area contributed by atoms with Gasteiger partial charge in [0.15, 0.2) is 5.69 Å². The summed E-state index contributed by atoms with van der Waals surface area (Å²) >= 11 is 0. The molecule has 0 radical (unpaired) electrons. The van der Waals surface area contributed by atoms with E-state index in [0.29, 0.717) is 11.9 Å². The minimum absolute atomic E-state index is 0.0446. The number of amides is 1. The van der Waals surface area contributed by atoms with E-state index in [2.05, 4.69) is 33.2 Å². The van der Waals surface area contributed by atoms with Crippen molar-refractivity contribution in [3.05, 3.63) is 72.3 Å². The molecule has 0 aliphatic carbocycles. The van der Waals surface area contributed by atoms with Crippen LogP contribution < -0.4 is 0 Å². The SMILES string of the molecule is COC(=O)N=Nc1c(O)n(Cc2cccc3ccccc23)c2ccccc12. The molecule has 4 aromatic rings. The number of aromatic nitrogens is 1. The van der Waals surface area contributed by atoms with Crippen LogP contribution in [0.4, 0.5) is 10.5 Å². The number of hydrogen-bond donors (Lipinski definition) is 1. The van der Waals surface area contributed by atoms with E-state index in [9.17, 15) is 9.90 Å². The van der Waals surface area contributed by atoms with Crippen molar-refractivity contribution in [2.45, 2.75) is 6.54 Å². The zero-order valence-electron chi connectivity index (χ0n) is 14.7. The number of ether oxygens (including phenoxy) is 1. The van der Waals surface area contributed by atoms with E-state index in [-0.39, 0.29) is 11.6 Å². The molecule has 1 N–H and O–H groups in total. The van der Waals surface area contributed by atoms with Crippen molar-refractivity contribution in [2.75, 3.05) is 7.11 Å². The Bertz CT molecular complexity index is 1170. The van der Waals surface area contributed by atoms with E-state index in [1.54, 1.807) is 4.57 Å². The van der Waals surface area contributed by atoms with Crippen LogP contribution in [0.15, 0.2) is 77.0 Å². The van der Waals surface area contributed by atoms with Gasteiger partial charge in [0.1, 0.15) is 0 Å². The van der Waals surface area contributed by atoms with Crippen LogP contribution in [-0.2, 0) is 11.3 Å². The normalized spacial score (nSPS) is 11.4. The number of hydrogen-bond acceptors (Lipinski definition) is 4. The largest absolute Gasteiger partial charge is 0.493 e. The molecule has 1 aromatic heterocycles. The number of rotatable bonds is 3. The maximum absolute atomic E-state index is 11.3. The molecule has 0 aliphatic rings. The van der Waals surface area contributed by atoms with Crippen molar-refractivity contribution < 1.29 is 14.6 Å². The monoisotopic (exact) mass is 359 g/mol. The topological polar surface area (TPSA) is 76.2 Å². The Balaban J connectivity index is 1.86. The molecule has 0 atom stereocenters. The van der Waals surface area contributed by atoms with E-state index >= 15 is 0 Å². The third-order valence-electron chi connectivity index (χ3n) is 4.53. The summed E-state index contributed by atoms with van der Waals surface area (Å²) in [4.78, 5) is 11.3. The molecule has 0 saturated carbocycles. The molecule has 0 spiro atoms. The van der Waals surface area contributed by atoms with Crippen molar-refractivity contribution in [2.24, 2.45) is 10.2 Å². The Kier molecular flexibility index (Phi) is 4.30. The molecule has 0 unspecified atom stereocenters. The molecule has 0 fully saturated rings. The summed E-state index contributed by atoms with van der Waals surface area (Å²) in [5.74, 6) is -0.0446. The first-order chi connectivity index (χ1) is 13.2. The highest BCUT2D eigenvalue weighted by atomic mass is 16.5. The number of benzene rings is 3. The average Bonchev–Trinajstić information content (AvgIpc) is 2.97. The molecule has 1 amide bonds. The summed E-state index contributed by atoms with van der Waals surface area (Å²) in [7, 11) is 1.23. The summed E-state index contributed by atoms with van der Waals surface area (Å²) in [6.07, 6.45) is -0.819. The molecule has 3 aromatic carbocycles. The first kappa shape index (κ1) is 16.8. The van der Waals surface area contributed by atoms with Crippen molar-refractivity contribution in [1.82, 2.24) is 4.57 Å². The molecule has 27 heavy (non-hydrogen) atoms. The van der Waals surface area contributed by atoms with Gasteiger partial charge in [0.2, 0.25) is 5.88 Å². The third-order valence-corrected chi connectivity index (χ3v) is 4.53. The molecule has 0 aliphatic heterocycles. The number of para-hydroxylation sites is 1. The van der Waals surface area contributed by atoms with E-state index in [0.717, 1.165) is 21.9 Å². The van der Waals surface area contributed by atoms with E-state index in [1.807, 2.05) is 48.5 Å². The molecule has 1 heterocycles. The number of carbonyl (C=O) groups excluding carboxylic acids is 1. The molecule has 4 rings (SSSR count). The minimum atomic E-state index is -0.819. The first-order valence-electron chi connectivity index (χ1n) is 8.45. The second-order valence-electron chi connectivity index (χ2n) is 6.08. The minimum Gasteiger partial charge on any atom is -0.493 e. The quantitative estimate of drug-likeness (QED) is 0.498. The Hall–Kier alpha value is -3.67. The van der Waals surface area contributed by atoms with Gasteiger partial charge >= 0.3 is 6.09 Å². The zero-order chi connectivity index (χ0) is 18.8. The Labute approximate surface area is 155 Å². The van der Waals surface area contributed by atoms with Gasteiger partial charge in [0.05, 0.1) is 19.2 Å². The lowest BCUT2D eigenvalue weighted by molar-refractivity contribution is 0.181. The molecule has 0 saturated heterocycles. The standard InChI is InChI=1S/C21H17N3O3/c1-27-21(26)23-22-19-17-11-4-5-12-18(17)24(20(19)25)13-15-9-6-8-14-7-2-3-10-16(14)15/h2-12,25H,13H2,1H3. The Morgan fingerprint density at radius 3 is 2.52 bits per heavy atom. The lowest BCUT2D eigenvalue weighted by Crippen LogP contribution is -1.99. The van der Waals surface area contributed by atoms with Gasteiger partial charge in [-0.15, -0.1) is 5.11 Å². The van der Waals surface area contributed by atoms with Crippen LogP contribution in [-0.4, -0.2) is 22.9 Å². The fourth-order valence-corrected chi connectivity index (χ4v) is 3.26. The van der Waals surface area contributed by atoms with Gasteiger partial charge in [-0.25, -0.2) is 4.79 Å². The number of nitrogens with zero attached hydrogens (tertiary/aromatic N) is 3. The van der Waals surface area contributed by atoms with Crippen LogP contribution >= 0.6 is 0 Å². The second kappa shape index (κ2) is 6.92. The van der Waals surface area contributed by atoms with E-state index in [1.165, 1.54) is 7.11 Å². The summed E-state index contributed by atoms with van der Waals surface area (Å²) in [6, 6.07) is 21.7. The van der Waals surface area contributed by atoms with Crippen LogP contribution in [0, 0.1) is 0 Å². The first-order valence-corrected chi connectivity index (χ1v) is 8.45. The summed E-state index contributed by atoms with van der Waals surface area (Å²) < 4.78 is 6.25. The van der Waals surface area contributed by atoms with E-state index < -0.39 is 6.09 Å². The lowest BCUT2D eigenvalue weighted by atomic mass is 10.0. The molecule has 6 nitrogen and oxygen atoms in total. The molecular weight excluding hydrogens is 342 g/mol. The number of fused-ring (bicyclic) bond motifs is 2. The van der Waals surface area contributed by atoms with Crippen molar-refractivity contribution in [1.29, 1.82) is 0 Å². The fourth-order valence-electron chi connectivity index (χ4n) is 3.26. The van der Waals surface area contributed by atoms with E-state index in [4.69, 9.17) is 0 Å². The van der Waals surface area contributed by atoms with Gasteiger partial charge < -0.3 is 14.4 Å². The number of methoxy groups -OCH3 is 1. The molecular formula is C21H17N3O3. The zero-order valence-corrected chi connectivity index (χ0v) is 14.7. The number of carbonyl (C=O) groups is 1. The van der Waals surface area contributed by atoms with Gasteiger partial charge in [0, 0.05) is 5.39 Å². The Morgan fingerprint density at radius 2 is 1.70 bits per heavy atom. The summed E-state index contributed by atoms with van der Waals surface area (Å²) in [6.45, 7) is 0.460. The highest BCUT2D eigenvalue weighted by Gasteiger charge is 2.17. The van der Waals surface area contributed by atoms with Crippen molar-refractivity contribution >= 4 is 33.5 Å². The predicted octanol–water partition coefficient (Wildman–Crippen LogP) is 5.40. The Morgan fingerprint density at radius 1 is 1.00 bits per heavy atom. The maximum Gasteiger partial charge on any atom is 0.452 e. The van der Waals surface area contributed by atoms with Crippen molar-refractivity contribution in [3.63, 3.8) is 0 Å². The van der Waals surface area contributed by atoms with Crippen LogP contribution in [0.5, 0.6) is 5.88 Å². The number of azo groups is 1. The lowest BCUT2D eigenvalue weighted by Gasteiger charge is -2.10.